The van der Waals surface area contributed by atoms with E-state index in [2.05, 4.69) is 19.9 Å². The Morgan fingerprint density at radius 2 is 0.925 bits per heavy atom. The van der Waals surface area contributed by atoms with E-state index in [0.717, 1.165) is 21.1 Å². The number of carboxylic acids is 2. The molecular weight excluding hydrogens is 941 g/mol. The zero-order chi connectivity index (χ0) is 49.5. The van der Waals surface area contributed by atoms with E-state index in [1.165, 1.54) is 38.4 Å². The summed E-state index contributed by atoms with van der Waals surface area (Å²) >= 11 is 0. The van der Waals surface area contributed by atoms with Gasteiger partial charge in [0.05, 0.1) is 59.4 Å². The Balaban J connectivity index is 0.000000453. The van der Waals surface area contributed by atoms with Crippen molar-refractivity contribution in [2.24, 2.45) is 0 Å². The van der Waals surface area contributed by atoms with Gasteiger partial charge in [0.1, 0.15) is 11.5 Å². The molecule has 0 saturated carbocycles. The number of hydrogen-bond acceptors (Lipinski definition) is 18. The van der Waals surface area contributed by atoms with Gasteiger partial charge in [-0.15, -0.1) is 0 Å². The molecule has 4 atom stereocenters. The molecule has 0 fully saturated rings. The zero-order valence-corrected chi connectivity index (χ0v) is 42.3. The maximum atomic E-state index is 12.0. The molecule has 2 heterocycles. The smallest absolute Gasteiger partial charge is 0.550 e. The van der Waals surface area contributed by atoms with Crippen LogP contribution in [0.4, 0.5) is 11.9 Å². The van der Waals surface area contributed by atoms with Gasteiger partial charge in [0, 0.05) is 51.7 Å². The van der Waals surface area contributed by atoms with Crippen LogP contribution in [-0.4, -0.2) is 158 Å². The monoisotopic (exact) mass is 996 g/mol. The molecule has 67 heavy (non-hydrogen) atoms. The van der Waals surface area contributed by atoms with Crippen molar-refractivity contribution >= 4 is 93.8 Å². The van der Waals surface area contributed by atoms with Crippen molar-refractivity contribution in [1.29, 1.82) is 0 Å². The Morgan fingerprint density at radius 1 is 0.612 bits per heavy atom. The number of aliphatic carboxylic acids is 2. The number of carbonyl (C=O) groups is 2. The number of carboxylic acid groups (broad SMARTS) is 2. The van der Waals surface area contributed by atoms with Crippen LogP contribution in [0.3, 0.4) is 0 Å². The summed E-state index contributed by atoms with van der Waals surface area (Å²) < 4.78 is 61.9. The minimum absolute atomic E-state index is 0. The van der Waals surface area contributed by atoms with E-state index in [1.54, 1.807) is 48.5 Å². The number of benzene rings is 2. The fraction of sp³-hybridized carbons (Fsp3) is 0.409. The molecule has 0 aliphatic heterocycles. The fourth-order valence-electron chi connectivity index (χ4n) is 5.72. The van der Waals surface area contributed by atoms with E-state index in [9.17, 15) is 57.1 Å². The van der Waals surface area contributed by atoms with E-state index in [4.69, 9.17) is 9.47 Å². The number of carbonyl (C=O) groups excluding carboxylic acids is 2. The van der Waals surface area contributed by atoms with Gasteiger partial charge in [-0.1, -0.05) is 76.2 Å². The van der Waals surface area contributed by atoms with Crippen molar-refractivity contribution in [3.8, 4) is 23.3 Å². The number of nitrogens with zero attached hydrogens (tertiary/aromatic N) is 6. The first-order chi connectivity index (χ1) is 30.8. The first-order valence-corrected chi connectivity index (χ1v) is 24.1. The quantitative estimate of drug-likeness (QED) is 0.0815. The van der Waals surface area contributed by atoms with Crippen molar-refractivity contribution in [3.05, 3.63) is 95.3 Å². The molecule has 0 aliphatic carbocycles. The van der Waals surface area contributed by atoms with Crippen molar-refractivity contribution in [2.75, 3.05) is 35.2 Å². The number of rotatable bonds is 22. The summed E-state index contributed by atoms with van der Waals surface area (Å²) in [6.45, 7) is 7.43. The zero-order valence-electron chi connectivity index (χ0n) is 38.5. The Labute approximate surface area is 420 Å². The average molecular weight is 997 g/mol. The molecule has 2 aromatic carbocycles. The molecule has 0 amide bonds. The molecule has 4 aromatic rings. The minimum Gasteiger partial charge on any atom is -0.550 e. The van der Waals surface area contributed by atoms with Crippen molar-refractivity contribution in [1.82, 2.24) is 19.9 Å². The van der Waals surface area contributed by atoms with Crippen molar-refractivity contribution < 1.29 is 66.5 Å². The predicted octanol–water partition coefficient (Wildman–Crippen LogP) is 1.73. The van der Waals surface area contributed by atoms with E-state index in [1.807, 2.05) is 39.8 Å². The Bertz CT molecular complexity index is 2360. The summed E-state index contributed by atoms with van der Waals surface area (Å²) in [6.07, 6.45) is 1.30. The average Bonchev–Trinajstić information content (AvgIpc) is 3.21. The van der Waals surface area contributed by atoms with Crippen LogP contribution in [0, 0.1) is 0 Å². The molecule has 0 radical (unpaired) electrons. The molecule has 0 aliphatic rings. The topological polar surface area (TPSA) is 306 Å². The number of aromatic nitrogens is 4. The third-order valence-electron chi connectivity index (χ3n) is 9.23. The summed E-state index contributed by atoms with van der Waals surface area (Å²) in [5, 5.41) is 61.1. The minimum atomic E-state index is -3.64. The van der Waals surface area contributed by atoms with Crippen molar-refractivity contribution in [2.45, 2.75) is 89.6 Å². The first kappa shape index (κ1) is 58.3. The second-order valence-electron chi connectivity index (χ2n) is 15.6. The number of aliphatic hydroxyl groups excluding tert-OH is 4. The number of ether oxygens (including phenoxy) is 2. The van der Waals surface area contributed by atoms with Gasteiger partial charge in [-0.2, -0.15) is 9.97 Å². The summed E-state index contributed by atoms with van der Waals surface area (Å²) in [5.74, 6) is -2.26. The molecule has 20 nitrogen and oxygen atoms in total. The van der Waals surface area contributed by atoms with Crippen molar-refractivity contribution in [3.63, 3.8) is 0 Å². The SMILES string of the molecule is CC(C)c1nc(N(C)S(C)(=O)=O)nc(Oc2ccccc2)c1/C=C/[C@@H](O)C[C@@H](O)CC(=O)[O-].CC(C)c1nc(N(C)S(C)(=O)=O)nc(Oc2ccccc2)c1/C=C/[C@@H](O)C[C@@H](O)CC(=O)[O-].[Ca+2]. The van der Waals surface area contributed by atoms with E-state index in [-0.39, 0.29) is 86.1 Å². The van der Waals surface area contributed by atoms with Crippen LogP contribution in [0.5, 0.6) is 23.3 Å². The Kier molecular flexibility index (Phi) is 23.2. The van der Waals surface area contributed by atoms with Crippen LogP contribution in [0.2, 0.25) is 0 Å². The van der Waals surface area contributed by atoms with Crippen LogP contribution < -0.4 is 28.3 Å². The number of para-hydroxylation sites is 2. The maximum absolute atomic E-state index is 12.0. The van der Waals surface area contributed by atoms with Gasteiger partial charge in [-0.3, -0.25) is 0 Å². The molecule has 4 rings (SSSR count). The third kappa shape index (κ3) is 19.4. The predicted molar refractivity (Wildman–Crippen MR) is 248 cm³/mol. The van der Waals surface area contributed by atoms with E-state index in [0.29, 0.717) is 34.0 Å². The van der Waals surface area contributed by atoms with Crippen LogP contribution in [0.15, 0.2) is 72.8 Å². The van der Waals surface area contributed by atoms with Gasteiger partial charge >= 0.3 is 37.7 Å². The van der Waals surface area contributed by atoms with Crippen LogP contribution in [0.1, 0.15) is 87.7 Å². The van der Waals surface area contributed by atoms with Gasteiger partial charge in [0.2, 0.25) is 43.7 Å². The molecule has 360 valence electrons. The second-order valence-corrected chi connectivity index (χ2v) is 19.7. The molecule has 0 bridgehead atoms. The Hall–Kier alpha value is -4.78. The largest absolute Gasteiger partial charge is 2.00 e. The molecule has 0 saturated heterocycles. The van der Waals surface area contributed by atoms with Crippen LogP contribution in [0.25, 0.3) is 12.2 Å². The normalized spacial score (nSPS) is 13.6. The molecule has 0 unspecified atom stereocenters. The maximum Gasteiger partial charge on any atom is 2.00 e. The number of aliphatic hydroxyl groups is 4. The molecule has 23 heteroatoms. The van der Waals surface area contributed by atoms with Crippen LogP contribution >= 0.6 is 0 Å². The molecule has 2 aromatic heterocycles. The van der Waals surface area contributed by atoms with E-state index < -0.39 is 69.2 Å². The fourth-order valence-corrected chi connectivity index (χ4v) is 6.47. The number of anilines is 2. The first-order valence-electron chi connectivity index (χ1n) is 20.4. The summed E-state index contributed by atoms with van der Waals surface area (Å²) in [6, 6.07) is 17.5. The second kappa shape index (κ2) is 26.7. The Morgan fingerprint density at radius 3 is 1.19 bits per heavy atom. The number of sulfonamides is 2. The third-order valence-corrected chi connectivity index (χ3v) is 11.5. The van der Waals surface area contributed by atoms with Crippen LogP contribution in [-0.2, 0) is 29.6 Å². The van der Waals surface area contributed by atoms with Gasteiger partial charge in [0.25, 0.3) is 0 Å². The standard InChI is InChI=1S/2C22H29N3O7S.Ca/c2*1-14(2)20-18(11-10-15(26)12-16(27)13-19(28)29)21(32-17-8-6-5-7-9-17)24-22(23-20)25(3)33(4,30)31;/h2*5-11,14-16,26-27H,12-13H2,1-4H3,(H,28,29);/q;;+2/p-2/b2*11-10+;/t2*15-,16-;/m11./s1. The summed E-state index contributed by atoms with van der Waals surface area (Å²) in [7, 11) is -4.61. The van der Waals surface area contributed by atoms with E-state index >= 15 is 0 Å². The van der Waals surface area contributed by atoms with Gasteiger partial charge < -0.3 is 49.7 Å². The van der Waals surface area contributed by atoms with Gasteiger partial charge in [-0.05, 0) is 48.3 Å². The molecular formula is C44H56CaN6O14S2. The molecule has 0 spiro atoms. The number of hydrogen-bond donors (Lipinski definition) is 4. The summed E-state index contributed by atoms with van der Waals surface area (Å²) in [5.41, 5.74) is 1.77. The van der Waals surface area contributed by atoms with Gasteiger partial charge in [0.15, 0.2) is 0 Å². The summed E-state index contributed by atoms with van der Waals surface area (Å²) in [4.78, 5) is 38.6. The van der Waals surface area contributed by atoms with Gasteiger partial charge in [-0.25, -0.2) is 35.4 Å². The molecule has 4 N–H and O–H groups in total.